The molecule has 35 heavy (non-hydrogen) atoms. The summed E-state index contributed by atoms with van der Waals surface area (Å²) in [6.45, 7) is 6.47. The van der Waals surface area contributed by atoms with Gasteiger partial charge in [-0.25, -0.2) is 4.98 Å². The standard InChI is InChI=1S/C27H31BrN2O4S/c1-26(2,3)34-24(31)16-27(14-18-7-4-5-8-19(18)15-27)25(32)29-17-23-30-21-13-20(33-12-6-11-28)9-10-22(21)35-23/h4-5,7-10,13H,6,11-12,14-17H2,1-3H3,(H,29,32). The van der Waals surface area contributed by atoms with Gasteiger partial charge in [0, 0.05) is 11.4 Å². The van der Waals surface area contributed by atoms with Gasteiger partial charge in [0.15, 0.2) is 0 Å². The highest BCUT2D eigenvalue weighted by atomic mass is 79.9. The zero-order chi connectivity index (χ0) is 25.1. The molecule has 6 nitrogen and oxygen atoms in total. The fraction of sp³-hybridized carbons (Fsp3) is 0.444. The largest absolute Gasteiger partial charge is 0.493 e. The van der Waals surface area contributed by atoms with E-state index in [0.29, 0.717) is 26.0 Å². The SMILES string of the molecule is CC(C)(C)OC(=O)CC1(C(=O)NCc2nc3cc(OCCCBr)ccc3s2)Cc2ccccc2C1. The van der Waals surface area contributed by atoms with Crippen LogP contribution in [-0.4, -0.2) is 34.4 Å². The van der Waals surface area contributed by atoms with Gasteiger partial charge < -0.3 is 14.8 Å². The Morgan fingerprint density at radius 2 is 1.86 bits per heavy atom. The number of carbonyl (C=O) groups is 2. The molecular weight excluding hydrogens is 528 g/mol. The van der Waals surface area contributed by atoms with E-state index in [1.165, 1.54) is 0 Å². The van der Waals surface area contributed by atoms with Gasteiger partial charge in [-0.05, 0) is 63.3 Å². The van der Waals surface area contributed by atoms with Crippen LogP contribution in [0.4, 0.5) is 0 Å². The van der Waals surface area contributed by atoms with Crippen LogP contribution in [0.2, 0.25) is 0 Å². The number of rotatable bonds is 9. The van der Waals surface area contributed by atoms with Crippen LogP contribution < -0.4 is 10.1 Å². The lowest BCUT2D eigenvalue weighted by molar-refractivity contribution is -0.160. The number of esters is 1. The van der Waals surface area contributed by atoms with Gasteiger partial charge in [-0.2, -0.15) is 0 Å². The first-order chi connectivity index (χ1) is 16.7. The molecule has 0 atom stereocenters. The number of amides is 1. The van der Waals surface area contributed by atoms with Gasteiger partial charge in [-0.3, -0.25) is 9.59 Å². The highest BCUT2D eigenvalue weighted by Crippen LogP contribution is 2.41. The first kappa shape index (κ1) is 25.6. The summed E-state index contributed by atoms with van der Waals surface area (Å²) in [5.41, 5.74) is 1.61. The second-order valence-corrected chi connectivity index (χ2v) is 11.9. The summed E-state index contributed by atoms with van der Waals surface area (Å²) in [7, 11) is 0. The smallest absolute Gasteiger partial charge is 0.307 e. The summed E-state index contributed by atoms with van der Waals surface area (Å²) >= 11 is 4.95. The third-order valence-corrected chi connectivity index (χ3v) is 7.51. The number of benzene rings is 2. The predicted octanol–water partition coefficient (Wildman–Crippen LogP) is 5.59. The van der Waals surface area contributed by atoms with Gasteiger partial charge in [0.05, 0.1) is 35.2 Å². The monoisotopic (exact) mass is 558 g/mol. The molecule has 0 unspecified atom stereocenters. The normalized spacial score (nSPS) is 14.5. The minimum atomic E-state index is -0.862. The Morgan fingerprint density at radius 3 is 2.51 bits per heavy atom. The molecule has 1 heterocycles. The van der Waals surface area contributed by atoms with E-state index in [1.54, 1.807) is 11.3 Å². The maximum absolute atomic E-state index is 13.6. The van der Waals surface area contributed by atoms with Crippen molar-refractivity contribution < 1.29 is 19.1 Å². The van der Waals surface area contributed by atoms with Gasteiger partial charge in [-0.15, -0.1) is 11.3 Å². The number of alkyl halides is 1. The summed E-state index contributed by atoms with van der Waals surface area (Å²) in [6, 6.07) is 13.9. The molecule has 2 aromatic carbocycles. The molecule has 8 heteroatoms. The fourth-order valence-electron chi connectivity index (χ4n) is 4.42. The molecule has 3 aromatic rings. The maximum atomic E-state index is 13.6. The van der Waals surface area contributed by atoms with Gasteiger partial charge >= 0.3 is 5.97 Å². The van der Waals surface area contributed by atoms with Crippen molar-refractivity contribution in [1.29, 1.82) is 0 Å². The molecule has 1 aromatic heterocycles. The topological polar surface area (TPSA) is 77.5 Å². The van der Waals surface area contributed by atoms with E-state index < -0.39 is 11.0 Å². The lowest BCUT2D eigenvalue weighted by Gasteiger charge is -2.28. The Labute approximate surface area is 218 Å². The van der Waals surface area contributed by atoms with Crippen molar-refractivity contribution in [2.75, 3.05) is 11.9 Å². The average Bonchev–Trinajstić information content (AvgIpc) is 3.37. The number of hydrogen-bond acceptors (Lipinski definition) is 6. The van der Waals surface area contributed by atoms with Crippen LogP contribution in [-0.2, 0) is 33.7 Å². The van der Waals surface area contributed by atoms with Crippen LogP contribution in [0.25, 0.3) is 10.2 Å². The number of carbonyl (C=O) groups excluding carboxylic acids is 2. The van der Waals surface area contributed by atoms with Gasteiger partial charge in [-0.1, -0.05) is 40.2 Å². The van der Waals surface area contributed by atoms with E-state index in [2.05, 4.69) is 21.2 Å². The summed E-state index contributed by atoms with van der Waals surface area (Å²) in [5.74, 6) is 0.296. The van der Waals surface area contributed by atoms with E-state index in [0.717, 1.165) is 43.9 Å². The Morgan fingerprint density at radius 1 is 1.14 bits per heavy atom. The Kier molecular flexibility index (Phi) is 7.81. The molecule has 1 N–H and O–H groups in total. The fourth-order valence-corrected chi connectivity index (χ4v) is 5.54. The number of aromatic nitrogens is 1. The summed E-state index contributed by atoms with van der Waals surface area (Å²) in [6.07, 6.45) is 2.01. The number of hydrogen-bond donors (Lipinski definition) is 1. The van der Waals surface area contributed by atoms with Crippen LogP contribution in [0.3, 0.4) is 0 Å². The number of thiazole rings is 1. The van der Waals surface area contributed by atoms with Crippen molar-refractivity contribution in [2.24, 2.45) is 5.41 Å². The van der Waals surface area contributed by atoms with Gasteiger partial charge in [0.2, 0.25) is 5.91 Å². The number of fused-ring (bicyclic) bond motifs is 2. The van der Waals surface area contributed by atoms with Crippen LogP contribution in [0.1, 0.15) is 49.7 Å². The van der Waals surface area contributed by atoms with Crippen LogP contribution >= 0.6 is 27.3 Å². The van der Waals surface area contributed by atoms with Crippen LogP contribution in [0, 0.1) is 5.41 Å². The Hall–Kier alpha value is -2.45. The summed E-state index contributed by atoms with van der Waals surface area (Å²) in [5, 5.41) is 4.78. The van der Waals surface area contributed by atoms with Crippen molar-refractivity contribution in [3.8, 4) is 5.75 Å². The molecule has 4 rings (SSSR count). The van der Waals surface area contributed by atoms with Crippen LogP contribution in [0.15, 0.2) is 42.5 Å². The van der Waals surface area contributed by atoms with Gasteiger partial charge in [0.25, 0.3) is 0 Å². The van der Waals surface area contributed by atoms with Crippen molar-refractivity contribution in [1.82, 2.24) is 10.3 Å². The zero-order valence-electron chi connectivity index (χ0n) is 20.4. The molecule has 0 radical (unpaired) electrons. The molecule has 0 saturated heterocycles. The molecule has 0 spiro atoms. The van der Waals surface area contributed by atoms with Gasteiger partial charge in [0.1, 0.15) is 16.4 Å². The second kappa shape index (κ2) is 10.7. The van der Waals surface area contributed by atoms with Crippen molar-refractivity contribution in [3.63, 3.8) is 0 Å². The number of nitrogens with zero attached hydrogens (tertiary/aromatic N) is 1. The predicted molar refractivity (Wildman–Crippen MR) is 142 cm³/mol. The molecular formula is C27H31BrN2O4S. The molecule has 186 valence electrons. The third-order valence-electron chi connectivity index (χ3n) is 5.91. The quantitative estimate of drug-likeness (QED) is 0.210. The zero-order valence-corrected chi connectivity index (χ0v) is 22.8. The molecule has 0 saturated carbocycles. The minimum Gasteiger partial charge on any atom is -0.493 e. The number of halogens is 1. The molecule has 0 fully saturated rings. The van der Waals surface area contributed by atoms with Crippen molar-refractivity contribution >= 4 is 49.4 Å². The molecule has 0 bridgehead atoms. The molecule has 1 aliphatic rings. The van der Waals surface area contributed by atoms with Crippen molar-refractivity contribution in [3.05, 3.63) is 58.6 Å². The van der Waals surface area contributed by atoms with Crippen molar-refractivity contribution in [2.45, 2.75) is 58.6 Å². The molecule has 1 aliphatic carbocycles. The van der Waals surface area contributed by atoms with E-state index in [9.17, 15) is 9.59 Å². The van der Waals surface area contributed by atoms with E-state index >= 15 is 0 Å². The Balaban J connectivity index is 1.47. The maximum Gasteiger partial charge on any atom is 0.307 e. The third kappa shape index (κ3) is 6.41. The van der Waals surface area contributed by atoms with Crippen LogP contribution in [0.5, 0.6) is 5.75 Å². The Bertz CT molecular complexity index is 1190. The highest BCUT2D eigenvalue weighted by molar-refractivity contribution is 9.09. The summed E-state index contributed by atoms with van der Waals surface area (Å²) in [4.78, 5) is 31.0. The van der Waals surface area contributed by atoms with E-state index in [-0.39, 0.29) is 18.3 Å². The molecule has 0 aliphatic heterocycles. The van der Waals surface area contributed by atoms with E-state index in [1.807, 2.05) is 63.2 Å². The minimum absolute atomic E-state index is 0.0414. The first-order valence-electron chi connectivity index (χ1n) is 11.8. The number of nitrogens with one attached hydrogen (secondary N) is 1. The highest BCUT2D eigenvalue weighted by Gasteiger charge is 2.46. The first-order valence-corrected chi connectivity index (χ1v) is 13.8. The summed E-state index contributed by atoms with van der Waals surface area (Å²) < 4.78 is 12.4. The lowest BCUT2D eigenvalue weighted by atomic mass is 9.80. The number of ether oxygens (including phenoxy) is 2. The lowest BCUT2D eigenvalue weighted by Crippen LogP contribution is -2.44. The van der Waals surface area contributed by atoms with E-state index in [4.69, 9.17) is 14.5 Å². The molecule has 1 amide bonds. The average molecular weight is 560 g/mol. The second-order valence-electron chi connectivity index (χ2n) is 9.98.